The number of quaternary nitrogens is 1. The van der Waals surface area contributed by atoms with E-state index in [4.69, 9.17) is 0 Å². The topological polar surface area (TPSA) is 29.1 Å². The molecule has 0 saturated heterocycles. The third kappa shape index (κ3) is 3.83. The smallest absolute Gasteiger partial charge is 0.282 e. The Balaban J connectivity index is 2.97. The number of aryl methyl sites for hydroxylation is 2. The Morgan fingerprint density at radius 1 is 1.20 bits per heavy atom. The molecule has 20 heavy (non-hydrogen) atoms. The van der Waals surface area contributed by atoms with Gasteiger partial charge in [-0.05, 0) is 38.3 Å². The summed E-state index contributed by atoms with van der Waals surface area (Å²) < 4.78 is 0.727. The molecule has 1 atom stereocenters. The zero-order chi connectivity index (χ0) is 15.3. The molecule has 0 bridgehead atoms. The number of carbonyl (C=O) groups excluding carboxylic acids is 1. The molecule has 1 aromatic carbocycles. The Kier molecular flexibility index (Phi) is 5.75. The molecule has 0 aliphatic heterocycles. The van der Waals surface area contributed by atoms with Crippen LogP contribution in [0.3, 0.4) is 0 Å². The molecule has 0 aromatic heterocycles. The van der Waals surface area contributed by atoms with E-state index in [9.17, 15) is 4.79 Å². The molecule has 0 saturated carbocycles. The predicted octanol–water partition coefficient (Wildman–Crippen LogP) is 3.51. The number of nitrogens with one attached hydrogen (secondary N) is 1. The number of hydrogen-bond acceptors (Lipinski definition) is 1. The second kappa shape index (κ2) is 6.89. The predicted molar refractivity (Wildman–Crippen MR) is 85.9 cm³/mol. The second-order valence-corrected chi connectivity index (χ2v) is 6.16. The van der Waals surface area contributed by atoms with Gasteiger partial charge in [0.2, 0.25) is 0 Å². The van der Waals surface area contributed by atoms with Crippen molar-refractivity contribution in [2.75, 3.05) is 26.0 Å². The van der Waals surface area contributed by atoms with E-state index in [1.54, 1.807) is 0 Å². The van der Waals surface area contributed by atoms with Crippen molar-refractivity contribution in [2.45, 2.75) is 46.6 Å². The molecule has 0 aliphatic carbocycles. The molecular formula is C17H29N2O+. The molecule has 0 radical (unpaired) electrons. The first-order valence-electron chi connectivity index (χ1n) is 7.53. The molecule has 1 aromatic rings. The van der Waals surface area contributed by atoms with Crippen LogP contribution < -0.4 is 5.32 Å². The van der Waals surface area contributed by atoms with Gasteiger partial charge in [0.15, 0.2) is 6.04 Å². The maximum atomic E-state index is 12.7. The van der Waals surface area contributed by atoms with Gasteiger partial charge in [0.05, 0.1) is 20.6 Å². The summed E-state index contributed by atoms with van der Waals surface area (Å²) in [5.74, 6) is 0.135. The average molecular weight is 277 g/mol. The van der Waals surface area contributed by atoms with E-state index in [2.05, 4.69) is 33.3 Å². The number of hydrogen-bond donors (Lipinski definition) is 1. The molecule has 1 amide bonds. The van der Waals surface area contributed by atoms with Gasteiger partial charge in [-0.2, -0.15) is 0 Å². The highest BCUT2D eigenvalue weighted by molar-refractivity contribution is 5.95. The molecule has 1 unspecified atom stereocenters. The minimum Gasteiger partial charge on any atom is -0.320 e. The first kappa shape index (κ1) is 16.7. The molecule has 3 heteroatoms. The average Bonchev–Trinajstić information content (AvgIpc) is 2.40. The number of anilines is 1. The molecule has 0 spiro atoms. The maximum absolute atomic E-state index is 12.7. The Bertz CT molecular complexity index is 446. The van der Waals surface area contributed by atoms with Crippen molar-refractivity contribution in [1.29, 1.82) is 0 Å². The fourth-order valence-electron chi connectivity index (χ4n) is 2.51. The SMILES string of the molecule is CCCC(C(=O)Nc1c(C)cccc1C)[N+](C)(C)CC. The molecular weight excluding hydrogens is 248 g/mol. The van der Waals surface area contributed by atoms with E-state index in [0.29, 0.717) is 0 Å². The van der Waals surface area contributed by atoms with Crippen molar-refractivity contribution < 1.29 is 9.28 Å². The Morgan fingerprint density at radius 2 is 1.75 bits per heavy atom. The van der Waals surface area contributed by atoms with Crippen molar-refractivity contribution >= 4 is 11.6 Å². The van der Waals surface area contributed by atoms with E-state index < -0.39 is 0 Å². The fourth-order valence-corrected chi connectivity index (χ4v) is 2.51. The van der Waals surface area contributed by atoms with Crippen molar-refractivity contribution in [1.82, 2.24) is 0 Å². The van der Waals surface area contributed by atoms with Crippen LogP contribution >= 0.6 is 0 Å². The van der Waals surface area contributed by atoms with Gasteiger partial charge in [-0.15, -0.1) is 0 Å². The van der Waals surface area contributed by atoms with E-state index in [1.807, 2.05) is 32.0 Å². The van der Waals surface area contributed by atoms with E-state index in [-0.39, 0.29) is 11.9 Å². The number of amides is 1. The third-order valence-electron chi connectivity index (χ3n) is 4.25. The summed E-state index contributed by atoms with van der Waals surface area (Å²) in [6.07, 6.45) is 1.93. The lowest BCUT2D eigenvalue weighted by molar-refractivity contribution is -0.904. The van der Waals surface area contributed by atoms with Crippen molar-refractivity contribution in [3.05, 3.63) is 29.3 Å². The molecule has 1 N–H and O–H groups in total. The number of carbonyl (C=O) groups is 1. The number of rotatable bonds is 6. The highest BCUT2D eigenvalue weighted by atomic mass is 16.2. The van der Waals surface area contributed by atoms with Crippen LogP contribution in [0.15, 0.2) is 18.2 Å². The van der Waals surface area contributed by atoms with Gasteiger partial charge >= 0.3 is 0 Å². The number of likely N-dealkylation sites (N-methyl/N-ethyl adjacent to an activating group) is 1. The third-order valence-corrected chi connectivity index (χ3v) is 4.25. The Hall–Kier alpha value is -1.35. The van der Waals surface area contributed by atoms with Crippen LogP contribution in [0.4, 0.5) is 5.69 Å². The minimum atomic E-state index is 0.00371. The van der Waals surface area contributed by atoms with Crippen LogP contribution in [0.25, 0.3) is 0 Å². The standard InChI is InChI=1S/C17H28N2O/c1-7-10-15(19(5,6)8-2)17(20)18-16-13(3)11-9-12-14(16)4/h9,11-12,15H,7-8,10H2,1-6H3/p+1. The first-order valence-corrected chi connectivity index (χ1v) is 7.53. The van der Waals surface area contributed by atoms with Crippen molar-refractivity contribution in [2.24, 2.45) is 0 Å². The van der Waals surface area contributed by atoms with Gasteiger partial charge in [-0.3, -0.25) is 4.79 Å². The summed E-state index contributed by atoms with van der Waals surface area (Å²) >= 11 is 0. The lowest BCUT2D eigenvalue weighted by Gasteiger charge is -2.36. The van der Waals surface area contributed by atoms with Crippen LogP contribution in [0.5, 0.6) is 0 Å². The molecule has 0 fully saturated rings. The van der Waals surface area contributed by atoms with Crippen molar-refractivity contribution in [3.8, 4) is 0 Å². The van der Waals surface area contributed by atoms with Crippen LogP contribution in [0.1, 0.15) is 37.8 Å². The van der Waals surface area contributed by atoms with Gasteiger partial charge in [-0.1, -0.05) is 25.1 Å². The van der Waals surface area contributed by atoms with Gasteiger partial charge in [0.1, 0.15) is 0 Å². The number of para-hydroxylation sites is 1. The van der Waals surface area contributed by atoms with E-state index >= 15 is 0 Å². The summed E-state index contributed by atoms with van der Waals surface area (Å²) in [7, 11) is 4.26. The largest absolute Gasteiger partial charge is 0.320 e. The Morgan fingerprint density at radius 3 is 2.20 bits per heavy atom. The van der Waals surface area contributed by atoms with Gasteiger partial charge in [-0.25, -0.2) is 0 Å². The van der Waals surface area contributed by atoms with E-state index in [1.165, 1.54) is 0 Å². The van der Waals surface area contributed by atoms with Crippen LogP contribution in [0, 0.1) is 13.8 Å². The summed E-state index contributed by atoms with van der Waals surface area (Å²) in [5.41, 5.74) is 3.21. The quantitative estimate of drug-likeness (QED) is 0.792. The Labute approximate surface area is 123 Å². The minimum absolute atomic E-state index is 0.00371. The normalized spacial score (nSPS) is 13.1. The molecule has 3 nitrogen and oxygen atoms in total. The highest BCUT2D eigenvalue weighted by Crippen LogP contribution is 2.22. The fraction of sp³-hybridized carbons (Fsp3) is 0.588. The van der Waals surface area contributed by atoms with Crippen LogP contribution in [-0.4, -0.2) is 37.1 Å². The van der Waals surface area contributed by atoms with Gasteiger partial charge in [0, 0.05) is 12.1 Å². The lowest BCUT2D eigenvalue weighted by atomic mass is 10.1. The number of nitrogens with zero attached hydrogens (tertiary/aromatic N) is 1. The first-order chi connectivity index (χ1) is 9.33. The summed E-state index contributed by atoms with van der Waals surface area (Å²) in [6.45, 7) is 9.29. The number of benzene rings is 1. The van der Waals surface area contributed by atoms with Crippen LogP contribution in [0.2, 0.25) is 0 Å². The van der Waals surface area contributed by atoms with Gasteiger partial charge < -0.3 is 9.80 Å². The molecule has 1 rings (SSSR count). The second-order valence-electron chi connectivity index (χ2n) is 6.16. The lowest BCUT2D eigenvalue weighted by Crippen LogP contribution is -2.54. The maximum Gasteiger partial charge on any atom is 0.282 e. The van der Waals surface area contributed by atoms with Gasteiger partial charge in [0.25, 0.3) is 5.91 Å². The molecule has 0 heterocycles. The summed E-state index contributed by atoms with van der Waals surface area (Å²) in [4.78, 5) is 12.7. The van der Waals surface area contributed by atoms with Crippen molar-refractivity contribution in [3.63, 3.8) is 0 Å². The highest BCUT2D eigenvalue weighted by Gasteiger charge is 2.33. The molecule has 0 aliphatic rings. The monoisotopic (exact) mass is 277 g/mol. The van der Waals surface area contributed by atoms with E-state index in [0.717, 1.165) is 40.7 Å². The van der Waals surface area contributed by atoms with Crippen LogP contribution in [-0.2, 0) is 4.79 Å². The zero-order valence-electron chi connectivity index (χ0n) is 13.8. The molecule has 112 valence electrons. The zero-order valence-corrected chi connectivity index (χ0v) is 13.8. The summed E-state index contributed by atoms with van der Waals surface area (Å²) in [6, 6.07) is 6.11. The summed E-state index contributed by atoms with van der Waals surface area (Å²) in [5, 5.41) is 3.15.